The molecule has 144 valence electrons. The second kappa shape index (κ2) is 6.84. The minimum absolute atomic E-state index is 0.0641. The predicted octanol–water partition coefficient (Wildman–Crippen LogP) is 1.94. The van der Waals surface area contributed by atoms with Gasteiger partial charge in [0.1, 0.15) is 11.3 Å². The van der Waals surface area contributed by atoms with Crippen LogP contribution in [0.1, 0.15) is 34.5 Å². The van der Waals surface area contributed by atoms with Crippen LogP contribution in [0.15, 0.2) is 12.4 Å². The van der Waals surface area contributed by atoms with Crippen molar-refractivity contribution in [1.82, 2.24) is 25.6 Å². The second-order valence-corrected chi connectivity index (χ2v) is 6.70. The van der Waals surface area contributed by atoms with E-state index in [4.69, 9.17) is 0 Å². The zero-order chi connectivity index (χ0) is 19.0. The number of aromatic amines is 1. The number of carbonyl (C=O) groups excluding carboxylic acids is 1. The minimum atomic E-state index is -4.60. The molecule has 0 bridgehead atoms. The van der Waals surface area contributed by atoms with Gasteiger partial charge in [0, 0.05) is 37.1 Å². The molecule has 2 aliphatic heterocycles. The smallest absolute Gasteiger partial charge is 0.356 e. The Labute approximate surface area is 153 Å². The summed E-state index contributed by atoms with van der Waals surface area (Å²) in [6.45, 7) is 2.01. The molecule has 4 N–H and O–H groups in total. The number of amides is 1. The number of aromatic nitrogens is 3. The first kappa shape index (κ1) is 17.8. The molecule has 0 aliphatic carbocycles. The maximum Gasteiger partial charge on any atom is 0.419 e. The maximum absolute atomic E-state index is 13.5. The van der Waals surface area contributed by atoms with Crippen LogP contribution in [0.5, 0.6) is 0 Å². The summed E-state index contributed by atoms with van der Waals surface area (Å²) in [5.74, 6) is -0.168. The van der Waals surface area contributed by atoms with Crippen LogP contribution in [0.3, 0.4) is 0 Å². The van der Waals surface area contributed by atoms with Crippen LogP contribution < -0.4 is 16.0 Å². The molecule has 7 nitrogen and oxygen atoms in total. The maximum atomic E-state index is 13.5. The molecule has 1 amide bonds. The topological polar surface area (TPSA) is 94.7 Å². The summed E-state index contributed by atoms with van der Waals surface area (Å²) < 4.78 is 40.6. The first-order valence-electron chi connectivity index (χ1n) is 8.84. The molecule has 4 rings (SSSR count). The molecule has 0 unspecified atom stereocenters. The van der Waals surface area contributed by atoms with Gasteiger partial charge in [-0.15, -0.1) is 0 Å². The Morgan fingerprint density at radius 3 is 2.85 bits per heavy atom. The summed E-state index contributed by atoms with van der Waals surface area (Å²) in [4.78, 5) is 22.8. The number of nitrogens with zero attached hydrogens (tertiary/aromatic N) is 2. The van der Waals surface area contributed by atoms with Gasteiger partial charge in [0.15, 0.2) is 0 Å². The number of fused-ring (bicyclic) bond motifs is 1. The molecule has 0 saturated carbocycles. The summed E-state index contributed by atoms with van der Waals surface area (Å²) >= 11 is 0. The lowest BCUT2D eigenvalue weighted by atomic mass is 9.99. The van der Waals surface area contributed by atoms with Crippen LogP contribution in [-0.4, -0.2) is 46.5 Å². The van der Waals surface area contributed by atoms with Gasteiger partial charge in [-0.1, -0.05) is 0 Å². The number of piperidine rings is 1. The molecule has 2 aromatic rings. The van der Waals surface area contributed by atoms with Crippen molar-refractivity contribution in [2.75, 3.05) is 25.0 Å². The number of anilines is 1. The van der Waals surface area contributed by atoms with Gasteiger partial charge in [0.25, 0.3) is 5.91 Å². The Kier molecular flexibility index (Phi) is 4.50. The molecule has 0 aromatic carbocycles. The van der Waals surface area contributed by atoms with Crippen molar-refractivity contribution in [1.29, 1.82) is 0 Å². The fourth-order valence-electron chi connectivity index (χ4n) is 3.54. The lowest BCUT2D eigenvalue weighted by Crippen LogP contribution is -2.38. The molecule has 0 radical (unpaired) electrons. The van der Waals surface area contributed by atoms with Crippen molar-refractivity contribution in [2.24, 2.45) is 0 Å². The number of carbonyl (C=O) groups is 1. The van der Waals surface area contributed by atoms with Crippen LogP contribution in [-0.2, 0) is 12.6 Å². The van der Waals surface area contributed by atoms with Crippen LogP contribution in [0, 0.1) is 0 Å². The van der Waals surface area contributed by atoms with E-state index >= 15 is 0 Å². The number of rotatable bonds is 3. The molecular formula is C17H19F3N6O. The lowest BCUT2D eigenvalue weighted by Gasteiger charge is -2.24. The van der Waals surface area contributed by atoms with Crippen molar-refractivity contribution in [3.05, 3.63) is 29.2 Å². The van der Waals surface area contributed by atoms with E-state index in [0.717, 1.165) is 25.6 Å². The average Bonchev–Trinajstić information content (AvgIpc) is 3.07. The van der Waals surface area contributed by atoms with E-state index < -0.39 is 11.7 Å². The zero-order valence-corrected chi connectivity index (χ0v) is 14.4. The second-order valence-electron chi connectivity index (χ2n) is 6.70. The Balaban J connectivity index is 1.75. The molecule has 10 heteroatoms. The molecule has 2 aliphatic rings. The number of nitrogens with one attached hydrogen (secondary N) is 4. The molecule has 1 atom stereocenters. The van der Waals surface area contributed by atoms with Crippen molar-refractivity contribution >= 4 is 11.9 Å². The Morgan fingerprint density at radius 2 is 2.11 bits per heavy atom. The number of H-pyrrole nitrogens is 1. The SMILES string of the molecule is O=C1NCCc2c(-c3nc(N[C@H]4CCCNC4)ncc3C(F)(F)F)c[nH]c21. The monoisotopic (exact) mass is 380 g/mol. The molecule has 27 heavy (non-hydrogen) atoms. The van der Waals surface area contributed by atoms with Gasteiger partial charge in [0.2, 0.25) is 5.95 Å². The van der Waals surface area contributed by atoms with E-state index in [9.17, 15) is 18.0 Å². The first-order chi connectivity index (χ1) is 12.9. The van der Waals surface area contributed by atoms with Crippen molar-refractivity contribution in [3.8, 4) is 11.3 Å². The molecule has 4 heterocycles. The van der Waals surface area contributed by atoms with E-state index in [1.165, 1.54) is 6.20 Å². The van der Waals surface area contributed by atoms with Crippen LogP contribution in [0.2, 0.25) is 0 Å². The van der Waals surface area contributed by atoms with Gasteiger partial charge >= 0.3 is 6.18 Å². The Hall–Kier alpha value is -2.62. The van der Waals surface area contributed by atoms with Gasteiger partial charge in [-0.3, -0.25) is 4.79 Å². The highest BCUT2D eigenvalue weighted by molar-refractivity contribution is 5.97. The number of alkyl halides is 3. The summed E-state index contributed by atoms with van der Waals surface area (Å²) in [6, 6.07) is 0.0641. The van der Waals surface area contributed by atoms with Crippen LogP contribution >= 0.6 is 0 Å². The highest BCUT2D eigenvalue weighted by Gasteiger charge is 2.37. The third-order valence-electron chi connectivity index (χ3n) is 4.85. The highest BCUT2D eigenvalue weighted by Crippen LogP contribution is 2.38. The summed E-state index contributed by atoms with van der Waals surface area (Å²) in [7, 11) is 0. The van der Waals surface area contributed by atoms with Gasteiger partial charge < -0.3 is 20.9 Å². The van der Waals surface area contributed by atoms with Gasteiger partial charge in [0.05, 0.1) is 5.69 Å². The van der Waals surface area contributed by atoms with Crippen molar-refractivity contribution in [3.63, 3.8) is 0 Å². The Bertz CT molecular complexity index is 857. The normalized spacial score (nSPS) is 20.1. The van der Waals surface area contributed by atoms with Crippen LogP contribution in [0.4, 0.5) is 19.1 Å². The number of hydrogen-bond donors (Lipinski definition) is 4. The predicted molar refractivity (Wildman–Crippen MR) is 92.4 cm³/mol. The molecule has 1 saturated heterocycles. The summed E-state index contributed by atoms with van der Waals surface area (Å²) in [5.41, 5.74) is 0.000160. The van der Waals surface area contributed by atoms with Crippen molar-refractivity contribution in [2.45, 2.75) is 31.5 Å². The van der Waals surface area contributed by atoms with Gasteiger partial charge in [-0.05, 0) is 31.4 Å². The van der Waals surface area contributed by atoms with E-state index in [2.05, 4.69) is 30.9 Å². The van der Waals surface area contributed by atoms with Gasteiger partial charge in [-0.25, -0.2) is 9.97 Å². The molecule has 1 fully saturated rings. The number of hydrogen-bond acceptors (Lipinski definition) is 5. The largest absolute Gasteiger partial charge is 0.419 e. The molecule has 2 aromatic heterocycles. The minimum Gasteiger partial charge on any atom is -0.356 e. The average molecular weight is 380 g/mol. The zero-order valence-electron chi connectivity index (χ0n) is 14.4. The third-order valence-corrected chi connectivity index (χ3v) is 4.85. The number of halogens is 3. The lowest BCUT2D eigenvalue weighted by molar-refractivity contribution is -0.137. The fourth-order valence-corrected chi connectivity index (χ4v) is 3.54. The van der Waals surface area contributed by atoms with E-state index in [-0.39, 0.29) is 29.3 Å². The summed E-state index contributed by atoms with van der Waals surface area (Å²) in [5, 5.41) is 9.01. The molecular weight excluding hydrogens is 361 g/mol. The van der Waals surface area contributed by atoms with E-state index in [1.54, 1.807) is 0 Å². The fraction of sp³-hybridized carbons (Fsp3) is 0.471. The first-order valence-corrected chi connectivity index (χ1v) is 8.84. The van der Waals surface area contributed by atoms with E-state index in [0.29, 0.717) is 30.6 Å². The third kappa shape index (κ3) is 3.48. The molecule has 0 spiro atoms. The standard InChI is InChI=1S/C17H19F3N6O/c18-17(19,20)12-8-24-16(25-9-2-1-4-21-6-9)26-13(12)11-7-23-14-10(11)3-5-22-15(14)27/h7-9,21,23H,1-6H2,(H,22,27)(H,24,25,26)/t9-/m0/s1. The highest BCUT2D eigenvalue weighted by atomic mass is 19.4. The van der Waals surface area contributed by atoms with Crippen LogP contribution in [0.25, 0.3) is 11.3 Å². The quantitative estimate of drug-likeness (QED) is 0.653. The summed E-state index contributed by atoms with van der Waals surface area (Å²) in [6.07, 6.45) is -0.0574. The van der Waals surface area contributed by atoms with Crippen molar-refractivity contribution < 1.29 is 18.0 Å². The van der Waals surface area contributed by atoms with Gasteiger partial charge in [-0.2, -0.15) is 13.2 Å². The Morgan fingerprint density at radius 1 is 1.26 bits per heavy atom. The van der Waals surface area contributed by atoms with E-state index in [1.807, 2.05) is 0 Å².